The van der Waals surface area contributed by atoms with Gasteiger partial charge in [-0.15, -0.1) is 12.6 Å². The first-order valence-electron chi connectivity index (χ1n) is 10.4. The van der Waals surface area contributed by atoms with Gasteiger partial charge in [-0.2, -0.15) is 0 Å². The summed E-state index contributed by atoms with van der Waals surface area (Å²) < 4.78 is 0. The van der Waals surface area contributed by atoms with Gasteiger partial charge in [-0.3, -0.25) is 9.59 Å². The third-order valence-corrected chi connectivity index (χ3v) is 4.85. The minimum absolute atomic E-state index is 0.0357. The molecular formula is C21H42O3S. The molecule has 1 unspecified atom stereocenters. The number of unbranched alkanes of at least 4 members (excludes halogenated alkanes) is 11. The monoisotopic (exact) mass is 374 g/mol. The Hall–Kier alpha value is -0.510. The normalized spacial score (nSPS) is 11.5. The molecule has 0 aromatic heterocycles. The molecule has 0 bridgehead atoms. The molecule has 3 nitrogen and oxygen atoms in total. The Morgan fingerprint density at radius 2 is 1.16 bits per heavy atom. The minimum atomic E-state index is -0.663. The molecule has 0 rings (SSSR count). The molecule has 0 aliphatic heterocycles. The molecule has 25 heavy (non-hydrogen) atoms. The summed E-state index contributed by atoms with van der Waals surface area (Å²) in [5.74, 6) is -0.516. The van der Waals surface area contributed by atoms with Crippen molar-refractivity contribution in [3.05, 3.63) is 0 Å². The molecule has 0 aromatic carbocycles. The van der Waals surface area contributed by atoms with E-state index in [1.54, 1.807) is 0 Å². The summed E-state index contributed by atoms with van der Waals surface area (Å²) in [6.07, 6.45) is 17.4. The van der Waals surface area contributed by atoms with Gasteiger partial charge >= 0.3 is 5.97 Å². The topological polar surface area (TPSA) is 54.4 Å². The van der Waals surface area contributed by atoms with E-state index >= 15 is 0 Å². The summed E-state index contributed by atoms with van der Waals surface area (Å²) in [5, 5.41) is 8.39. The Morgan fingerprint density at radius 3 is 1.56 bits per heavy atom. The number of hydrogen-bond donors (Lipinski definition) is 2. The van der Waals surface area contributed by atoms with E-state index in [-0.39, 0.29) is 11.0 Å². The first-order valence-corrected chi connectivity index (χ1v) is 10.8. The average molecular weight is 375 g/mol. The molecule has 1 atom stereocenters. The zero-order valence-electron chi connectivity index (χ0n) is 16.9. The van der Waals surface area contributed by atoms with Gasteiger partial charge in [-0.05, 0) is 12.8 Å². The molecule has 1 N–H and O–H groups in total. The van der Waals surface area contributed by atoms with Crippen LogP contribution in [0.25, 0.3) is 0 Å². The lowest BCUT2D eigenvalue weighted by Gasteiger charge is -2.05. The average Bonchev–Trinajstić information content (AvgIpc) is 2.57. The van der Waals surface area contributed by atoms with Crippen molar-refractivity contribution in [2.45, 2.75) is 117 Å². The van der Waals surface area contributed by atoms with Crippen molar-refractivity contribution in [3.63, 3.8) is 0 Å². The van der Waals surface area contributed by atoms with Crippen molar-refractivity contribution in [3.8, 4) is 0 Å². The van der Waals surface area contributed by atoms with Crippen LogP contribution in [0.2, 0.25) is 0 Å². The highest BCUT2D eigenvalue weighted by Crippen LogP contribution is 2.13. The van der Waals surface area contributed by atoms with Crippen LogP contribution in [0.15, 0.2) is 0 Å². The summed E-state index contributed by atoms with van der Waals surface area (Å²) >= 11 is 3.81. The Morgan fingerprint density at radius 1 is 0.760 bits per heavy atom. The molecule has 0 saturated carbocycles. The van der Waals surface area contributed by atoms with Crippen LogP contribution >= 0.6 is 12.6 Å². The summed E-state index contributed by atoms with van der Waals surface area (Å²) in [4.78, 5) is 20.9. The predicted molar refractivity (Wildman–Crippen MR) is 111 cm³/mol. The lowest BCUT2D eigenvalue weighted by Crippen LogP contribution is -2.03. The molecule has 0 aliphatic rings. The van der Waals surface area contributed by atoms with Crippen LogP contribution in [0.1, 0.15) is 117 Å². The van der Waals surface area contributed by atoms with Crippen LogP contribution in [0.3, 0.4) is 0 Å². The molecule has 0 heterocycles. The van der Waals surface area contributed by atoms with Crippen LogP contribution < -0.4 is 0 Å². The maximum atomic E-state index is 10.8. The second kappa shape index (κ2) is 21.5. The lowest BCUT2D eigenvalue weighted by molar-refractivity contribution is -0.137. The summed E-state index contributed by atoms with van der Waals surface area (Å²) in [6, 6.07) is 0. The molecule has 0 radical (unpaired) electrons. The standard InChI is InChI=1S/C11H22OS.C10H20O2/c1-3-4-5-6-7-8-9-10(2)11(12)13;1-2-3-4-5-6-7-8-9-10(11)12/h10H,3-9H2,1-2H3,(H,12,13);2-9H2,1H3,(H,11,12). The first-order chi connectivity index (χ1) is 12.0. The van der Waals surface area contributed by atoms with Crippen LogP contribution in [-0.2, 0) is 9.59 Å². The maximum absolute atomic E-state index is 10.8. The minimum Gasteiger partial charge on any atom is -0.481 e. The SMILES string of the molecule is CCCCCCCCC(C)C(=O)S.CCCCCCCCCC(=O)O. The number of carbonyl (C=O) groups is 2. The van der Waals surface area contributed by atoms with Crippen molar-refractivity contribution >= 4 is 23.7 Å². The molecule has 0 saturated heterocycles. The zero-order chi connectivity index (χ0) is 19.3. The second-order valence-corrected chi connectivity index (χ2v) is 7.50. The third kappa shape index (κ3) is 25.8. The van der Waals surface area contributed by atoms with E-state index in [2.05, 4.69) is 26.5 Å². The molecule has 150 valence electrons. The Labute approximate surface area is 161 Å². The van der Waals surface area contributed by atoms with Gasteiger partial charge in [0.1, 0.15) is 0 Å². The number of carboxylic acids is 1. The van der Waals surface area contributed by atoms with Crippen LogP contribution in [-0.4, -0.2) is 16.2 Å². The molecule has 0 fully saturated rings. The Balaban J connectivity index is 0. The van der Waals surface area contributed by atoms with E-state index < -0.39 is 5.97 Å². The molecule has 0 spiro atoms. The van der Waals surface area contributed by atoms with Gasteiger partial charge in [0.15, 0.2) is 5.12 Å². The van der Waals surface area contributed by atoms with Gasteiger partial charge in [0.2, 0.25) is 0 Å². The largest absolute Gasteiger partial charge is 0.481 e. The van der Waals surface area contributed by atoms with Gasteiger partial charge in [-0.25, -0.2) is 0 Å². The van der Waals surface area contributed by atoms with Gasteiger partial charge in [0.05, 0.1) is 0 Å². The molecular weight excluding hydrogens is 332 g/mol. The number of rotatable bonds is 16. The molecule has 0 aliphatic carbocycles. The van der Waals surface area contributed by atoms with Gasteiger partial charge in [0.25, 0.3) is 0 Å². The highest BCUT2D eigenvalue weighted by molar-refractivity contribution is 7.96. The van der Waals surface area contributed by atoms with Gasteiger partial charge in [-0.1, -0.05) is 97.8 Å². The number of carbonyl (C=O) groups excluding carboxylic acids is 1. The Bertz CT molecular complexity index is 306. The van der Waals surface area contributed by atoms with Crippen molar-refractivity contribution in [2.75, 3.05) is 0 Å². The number of hydrogen-bond acceptors (Lipinski definition) is 2. The maximum Gasteiger partial charge on any atom is 0.303 e. The summed E-state index contributed by atoms with van der Waals surface area (Å²) in [6.45, 7) is 6.38. The van der Waals surface area contributed by atoms with Crippen LogP contribution in [0, 0.1) is 5.92 Å². The predicted octanol–water partition coefficient (Wildman–Crippen LogP) is 7.04. The Kier molecular flexibility index (Phi) is 23.0. The van der Waals surface area contributed by atoms with E-state index in [0.29, 0.717) is 6.42 Å². The molecule has 0 amide bonds. The summed E-state index contributed by atoms with van der Waals surface area (Å²) in [5.41, 5.74) is 0. The van der Waals surface area contributed by atoms with Crippen molar-refractivity contribution in [2.24, 2.45) is 5.92 Å². The van der Waals surface area contributed by atoms with E-state index in [1.807, 2.05) is 6.92 Å². The highest BCUT2D eigenvalue weighted by atomic mass is 32.1. The van der Waals surface area contributed by atoms with Crippen LogP contribution in [0.5, 0.6) is 0 Å². The molecule has 0 aromatic rings. The fourth-order valence-corrected chi connectivity index (χ4v) is 2.72. The van der Waals surface area contributed by atoms with Crippen LogP contribution in [0.4, 0.5) is 0 Å². The second-order valence-electron chi connectivity index (χ2n) is 7.06. The quantitative estimate of drug-likeness (QED) is 0.225. The summed E-state index contributed by atoms with van der Waals surface area (Å²) in [7, 11) is 0. The smallest absolute Gasteiger partial charge is 0.303 e. The molecule has 4 heteroatoms. The van der Waals surface area contributed by atoms with E-state index in [1.165, 1.54) is 70.6 Å². The highest BCUT2D eigenvalue weighted by Gasteiger charge is 2.06. The van der Waals surface area contributed by atoms with Gasteiger partial charge in [0, 0.05) is 12.3 Å². The van der Waals surface area contributed by atoms with Crippen molar-refractivity contribution < 1.29 is 14.7 Å². The first kappa shape index (κ1) is 26.7. The number of carboxylic acid groups (broad SMARTS) is 1. The van der Waals surface area contributed by atoms with E-state index in [4.69, 9.17) is 5.11 Å². The fraction of sp³-hybridized carbons (Fsp3) is 0.905. The number of aliphatic carboxylic acids is 1. The number of thiol groups is 1. The van der Waals surface area contributed by atoms with Crippen molar-refractivity contribution in [1.29, 1.82) is 0 Å². The van der Waals surface area contributed by atoms with Gasteiger partial charge < -0.3 is 5.11 Å². The third-order valence-electron chi connectivity index (χ3n) is 4.41. The lowest BCUT2D eigenvalue weighted by atomic mass is 10.0. The van der Waals surface area contributed by atoms with Crippen molar-refractivity contribution in [1.82, 2.24) is 0 Å². The zero-order valence-corrected chi connectivity index (χ0v) is 17.8. The fourth-order valence-electron chi connectivity index (χ4n) is 2.59. The van der Waals surface area contributed by atoms with E-state index in [0.717, 1.165) is 19.3 Å². The van der Waals surface area contributed by atoms with E-state index in [9.17, 15) is 9.59 Å².